The van der Waals surface area contributed by atoms with Crippen LogP contribution in [0.2, 0.25) is 0 Å². The lowest BCUT2D eigenvalue weighted by molar-refractivity contribution is -0.143. The molecule has 1 rings (SSSR count). The van der Waals surface area contributed by atoms with E-state index in [-0.39, 0.29) is 5.97 Å². The van der Waals surface area contributed by atoms with Gasteiger partial charge in [0.15, 0.2) is 0 Å². The predicted octanol–water partition coefficient (Wildman–Crippen LogP) is 2.45. The Bertz CT molecular complexity index is 436. The van der Waals surface area contributed by atoms with Crippen molar-refractivity contribution in [1.29, 1.82) is 0 Å². The molecule has 4 heteroatoms. The molecule has 1 aromatic rings. The second-order valence-corrected chi connectivity index (χ2v) is 5.36. The van der Waals surface area contributed by atoms with Gasteiger partial charge in [0.2, 0.25) is 0 Å². The van der Waals surface area contributed by atoms with Crippen molar-refractivity contribution in [3.05, 3.63) is 34.9 Å². The van der Waals surface area contributed by atoms with Crippen LogP contribution in [0.5, 0.6) is 0 Å². The number of hydrogen-bond acceptors (Lipinski definition) is 4. The van der Waals surface area contributed by atoms with Crippen LogP contribution in [0, 0.1) is 13.8 Å². The summed E-state index contributed by atoms with van der Waals surface area (Å²) in [6.45, 7) is 12.1. The summed E-state index contributed by atoms with van der Waals surface area (Å²) in [5.41, 5.74) is 3.28. The Labute approximate surface area is 128 Å². The van der Waals surface area contributed by atoms with E-state index in [1.165, 1.54) is 7.11 Å². The number of nitrogens with one attached hydrogen (secondary N) is 1. The molecule has 0 amide bonds. The average Bonchev–Trinajstić information content (AvgIpc) is 2.45. The van der Waals surface area contributed by atoms with Gasteiger partial charge < -0.3 is 9.64 Å². The van der Waals surface area contributed by atoms with Gasteiger partial charge in [0.05, 0.1) is 7.11 Å². The molecule has 0 aliphatic rings. The minimum absolute atomic E-state index is 0.237. The van der Waals surface area contributed by atoms with Crippen molar-refractivity contribution < 1.29 is 9.53 Å². The summed E-state index contributed by atoms with van der Waals surface area (Å²) in [4.78, 5) is 14.4. The van der Waals surface area contributed by atoms with Crippen LogP contribution in [0.25, 0.3) is 0 Å². The van der Waals surface area contributed by atoms with E-state index in [0.717, 1.165) is 42.9 Å². The fraction of sp³-hybridized carbons (Fsp3) is 0.588. The molecule has 21 heavy (non-hydrogen) atoms. The summed E-state index contributed by atoms with van der Waals surface area (Å²) in [5, 5.41) is 3.32. The predicted molar refractivity (Wildman–Crippen MR) is 86.5 cm³/mol. The first-order chi connectivity index (χ1) is 10.0. The zero-order chi connectivity index (χ0) is 15.8. The fourth-order valence-electron chi connectivity index (χ4n) is 2.54. The molecule has 0 bridgehead atoms. The highest BCUT2D eigenvalue weighted by Crippen LogP contribution is 2.18. The van der Waals surface area contributed by atoms with Crippen molar-refractivity contribution in [1.82, 2.24) is 10.2 Å². The molecule has 0 fully saturated rings. The van der Waals surface area contributed by atoms with E-state index < -0.39 is 6.04 Å². The molecule has 0 aromatic heterocycles. The zero-order valence-electron chi connectivity index (χ0n) is 13.9. The Hall–Kier alpha value is -1.39. The van der Waals surface area contributed by atoms with Crippen LogP contribution < -0.4 is 5.32 Å². The third-order valence-corrected chi connectivity index (χ3v) is 3.69. The van der Waals surface area contributed by atoms with Crippen molar-refractivity contribution in [3.8, 4) is 0 Å². The van der Waals surface area contributed by atoms with Gasteiger partial charge in [-0.15, -0.1) is 0 Å². The largest absolute Gasteiger partial charge is 0.468 e. The van der Waals surface area contributed by atoms with Crippen molar-refractivity contribution >= 4 is 5.97 Å². The first-order valence-corrected chi connectivity index (χ1v) is 7.63. The lowest BCUT2D eigenvalue weighted by Gasteiger charge is -2.22. The summed E-state index contributed by atoms with van der Waals surface area (Å²) in [5.74, 6) is -0.237. The van der Waals surface area contributed by atoms with Crippen molar-refractivity contribution in [2.24, 2.45) is 0 Å². The Kier molecular flexibility index (Phi) is 7.40. The molecule has 4 nitrogen and oxygen atoms in total. The van der Waals surface area contributed by atoms with Gasteiger partial charge in [-0.05, 0) is 32.5 Å². The number of benzene rings is 1. The molecular weight excluding hydrogens is 264 g/mol. The molecular formula is C17H28N2O2. The Morgan fingerprint density at radius 2 is 1.76 bits per heavy atom. The number of esters is 1. The second-order valence-electron chi connectivity index (χ2n) is 5.36. The Balaban J connectivity index is 2.79. The highest BCUT2D eigenvalue weighted by Gasteiger charge is 2.21. The normalized spacial score (nSPS) is 12.5. The average molecular weight is 292 g/mol. The van der Waals surface area contributed by atoms with Crippen LogP contribution in [-0.4, -0.2) is 44.2 Å². The van der Waals surface area contributed by atoms with Crippen molar-refractivity contribution in [2.45, 2.75) is 33.7 Å². The number of hydrogen-bond donors (Lipinski definition) is 1. The minimum atomic E-state index is -0.399. The molecule has 0 radical (unpaired) electrons. The monoisotopic (exact) mass is 292 g/mol. The molecule has 118 valence electrons. The number of nitrogens with zero attached hydrogens (tertiary/aromatic N) is 1. The lowest BCUT2D eigenvalue weighted by atomic mass is 10.0. The maximum Gasteiger partial charge on any atom is 0.327 e. The molecule has 0 aliphatic heterocycles. The van der Waals surface area contributed by atoms with Gasteiger partial charge >= 0.3 is 5.97 Å². The number of carbonyl (C=O) groups excluding carboxylic acids is 1. The molecule has 0 aliphatic carbocycles. The third kappa shape index (κ3) is 5.48. The van der Waals surface area contributed by atoms with E-state index in [1.807, 2.05) is 26.0 Å². The number of rotatable bonds is 8. The summed E-state index contributed by atoms with van der Waals surface area (Å²) < 4.78 is 4.94. The van der Waals surface area contributed by atoms with E-state index in [2.05, 4.69) is 30.1 Å². The van der Waals surface area contributed by atoms with Crippen molar-refractivity contribution in [2.75, 3.05) is 33.3 Å². The number of ether oxygens (including phenoxy) is 1. The molecule has 0 spiro atoms. The maximum atomic E-state index is 12.1. The summed E-state index contributed by atoms with van der Waals surface area (Å²) in [6, 6.07) is 5.79. The Morgan fingerprint density at radius 1 is 1.19 bits per heavy atom. The SMILES string of the molecule is CCN(CC)CCNC(C(=O)OC)c1cc(C)cc(C)c1. The first kappa shape index (κ1) is 17.7. The number of carbonyl (C=O) groups is 1. The van der Waals surface area contributed by atoms with Gasteiger partial charge in [-0.25, -0.2) is 4.79 Å². The highest BCUT2D eigenvalue weighted by molar-refractivity contribution is 5.77. The van der Waals surface area contributed by atoms with Gasteiger partial charge in [0, 0.05) is 13.1 Å². The third-order valence-electron chi connectivity index (χ3n) is 3.69. The van der Waals surface area contributed by atoms with E-state index >= 15 is 0 Å². The van der Waals surface area contributed by atoms with E-state index in [9.17, 15) is 4.79 Å². The summed E-state index contributed by atoms with van der Waals surface area (Å²) in [7, 11) is 1.43. The van der Waals surface area contributed by atoms with E-state index in [0.29, 0.717) is 0 Å². The van der Waals surface area contributed by atoms with Crippen LogP contribution in [0.3, 0.4) is 0 Å². The Morgan fingerprint density at radius 3 is 2.24 bits per heavy atom. The number of methoxy groups -OCH3 is 1. The van der Waals surface area contributed by atoms with E-state index in [4.69, 9.17) is 4.74 Å². The van der Waals surface area contributed by atoms with Gasteiger partial charge in [-0.1, -0.05) is 43.2 Å². The van der Waals surface area contributed by atoms with Crippen LogP contribution in [0.1, 0.15) is 36.6 Å². The van der Waals surface area contributed by atoms with Gasteiger partial charge in [-0.2, -0.15) is 0 Å². The summed E-state index contributed by atoms with van der Waals surface area (Å²) >= 11 is 0. The standard InChI is InChI=1S/C17H28N2O2/c1-6-19(7-2)9-8-18-16(17(20)21-5)15-11-13(3)10-14(4)12-15/h10-12,16,18H,6-9H2,1-5H3. The molecule has 1 N–H and O–H groups in total. The topological polar surface area (TPSA) is 41.6 Å². The second kappa shape index (κ2) is 8.80. The van der Waals surface area contributed by atoms with Crippen LogP contribution in [0.4, 0.5) is 0 Å². The smallest absolute Gasteiger partial charge is 0.327 e. The summed E-state index contributed by atoms with van der Waals surface area (Å²) in [6.07, 6.45) is 0. The van der Waals surface area contributed by atoms with Gasteiger partial charge in [-0.3, -0.25) is 5.32 Å². The van der Waals surface area contributed by atoms with Crippen molar-refractivity contribution in [3.63, 3.8) is 0 Å². The van der Waals surface area contributed by atoms with Crippen LogP contribution in [-0.2, 0) is 9.53 Å². The van der Waals surface area contributed by atoms with Crippen LogP contribution in [0.15, 0.2) is 18.2 Å². The van der Waals surface area contributed by atoms with Crippen LogP contribution >= 0.6 is 0 Å². The molecule has 1 aromatic carbocycles. The molecule has 0 heterocycles. The molecule has 0 saturated carbocycles. The first-order valence-electron chi connectivity index (χ1n) is 7.63. The molecule has 1 atom stereocenters. The number of likely N-dealkylation sites (N-methyl/N-ethyl adjacent to an activating group) is 1. The van der Waals surface area contributed by atoms with Gasteiger partial charge in [0.25, 0.3) is 0 Å². The number of aryl methyl sites for hydroxylation is 2. The minimum Gasteiger partial charge on any atom is -0.468 e. The van der Waals surface area contributed by atoms with E-state index in [1.54, 1.807) is 0 Å². The molecule has 1 unspecified atom stereocenters. The lowest BCUT2D eigenvalue weighted by Crippen LogP contribution is -2.36. The molecule has 0 saturated heterocycles. The maximum absolute atomic E-state index is 12.1. The quantitative estimate of drug-likeness (QED) is 0.747. The fourth-order valence-corrected chi connectivity index (χ4v) is 2.54. The van der Waals surface area contributed by atoms with Gasteiger partial charge in [0.1, 0.15) is 6.04 Å². The zero-order valence-corrected chi connectivity index (χ0v) is 13.9. The highest BCUT2D eigenvalue weighted by atomic mass is 16.5.